The molecule has 1 rings (SSSR count). The van der Waals surface area contributed by atoms with Gasteiger partial charge in [0, 0.05) is 13.6 Å². The largest absolute Gasteiger partial charge is 0.481 e. The van der Waals surface area contributed by atoms with Gasteiger partial charge in [-0.25, -0.2) is 0 Å². The van der Waals surface area contributed by atoms with Crippen LogP contribution in [0.4, 0.5) is 0 Å². The second-order valence-corrected chi connectivity index (χ2v) is 4.90. The third-order valence-electron chi connectivity index (χ3n) is 1.89. The van der Waals surface area contributed by atoms with E-state index in [0.29, 0.717) is 10.9 Å². The average Bonchev–Trinajstić information content (AvgIpc) is 2.27. The van der Waals surface area contributed by atoms with Crippen molar-refractivity contribution in [2.24, 2.45) is 0 Å². The molecule has 1 aromatic rings. The molecule has 0 heterocycles. The first-order valence-electron chi connectivity index (χ1n) is 4.73. The Morgan fingerprint density at radius 3 is 2.62 bits per heavy atom. The molecule has 5 heteroatoms. The van der Waals surface area contributed by atoms with E-state index in [1.165, 1.54) is 11.8 Å². The number of aliphatic carboxylic acids is 1. The molecule has 0 bridgehead atoms. The summed E-state index contributed by atoms with van der Waals surface area (Å²) in [7, 11) is 1.87. The predicted octanol–water partition coefficient (Wildman–Crippen LogP) is 2.22. The lowest BCUT2D eigenvalue weighted by atomic mass is 10.2. The minimum absolute atomic E-state index is 0.0119. The van der Waals surface area contributed by atoms with Gasteiger partial charge in [-0.1, -0.05) is 54.3 Å². The van der Waals surface area contributed by atoms with Crippen LogP contribution >= 0.6 is 24.0 Å². The molecule has 0 unspecified atom stereocenters. The molecule has 0 saturated heterocycles. The second kappa shape index (κ2) is 6.50. The van der Waals surface area contributed by atoms with Gasteiger partial charge in [0.15, 0.2) is 0 Å². The van der Waals surface area contributed by atoms with E-state index in [1.54, 1.807) is 0 Å². The monoisotopic (exact) mass is 255 g/mol. The molecule has 16 heavy (non-hydrogen) atoms. The Bertz CT molecular complexity index is 368. The smallest absolute Gasteiger partial charge is 0.313 e. The molecule has 0 atom stereocenters. The first-order chi connectivity index (χ1) is 7.59. The van der Waals surface area contributed by atoms with Crippen LogP contribution in [-0.2, 0) is 11.3 Å². The van der Waals surface area contributed by atoms with Gasteiger partial charge < -0.3 is 10.0 Å². The summed E-state index contributed by atoms with van der Waals surface area (Å²) >= 11 is 6.29. The summed E-state index contributed by atoms with van der Waals surface area (Å²) in [5.74, 6) is -0.835. The quantitative estimate of drug-likeness (QED) is 0.835. The Labute approximate surface area is 104 Å². The average molecular weight is 255 g/mol. The SMILES string of the molecule is CN(Cc1ccccc1)C(=S)SCC(=O)O. The Morgan fingerprint density at radius 1 is 1.44 bits per heavy atom. The summed E-state index contributed by atoms with van der Waals surface area (Å²) in [6.45, 7) is 0.701. The van der Waals surface area contributed by atoms with E-state index in [9.17, 15) is 4.79 Å². The Hall–Kier alpha value is -1.07. The highest BCUT2D eigenvalue weighted by Crippen LogP contribution is 2.11. The summed E-state index contributed by atoms with van der Waals surface area (Å²) in [5, 5.41) is 8.53. The highest BCUT2D eigenvalue weighted by Gasteiger charge is 2.07. The van der Waals surface area contributed by atoms with Crippen molar-refractivity contribution < 1.29 is 9.90 Å². The van der Waals surface area contributed by atoms with Crippen molar-refractivity contribution in [1.82, 2.24) is 4.90 Å². The number of rotatable bonds is 4. The first-order valence-corrected chi connectivity index (χ1v) is 6.12. The van der Waals surface area contributed by atoms with Crippen LogP contribution in [0.3, 0.4) is 0 Å². The summed E-state index contributed by atoms with van der Waals surface area (Å²) in [4.78, 5) is 12.3. The summed E-state index contributed by atoms with van der Waals surface area (Å²) in [5.41, 5.74) is 1.16. The van der Waals surface area contributed by atoms with E-state index in [0.717, 1.165) is 5.56 Å². The lowest BCUT2D eigenvalue weighted by Crippen LogP contribution is -2.22. The zero-order valence-electron chi connectivity index (χ0n) is 8.92. The number of benzene rings is 1. The van der Waals surface area contributed by atoms with Gasteiger partial charge >= 0.3 is 5.97 Å². The van der Waals surface area contributed by atoms with Crippen molar-refractivity contribution in [2.45, 2.75) is 6.54 Å². The van der Waals surface area contributed by atoms with Crippen LogP contribution in [0.25, 0.3) is 0 Å². The fourth-order valence-corrected chi connectivity index (χ4v) is 1.93. The van der Waals surface area contributed by atoms with Crippen molar-refractivity contribution >= 4 is 34.3 Å². The fourth-order valence-electron chi connectivity index (χ4n) is 1.16. The van der Waals surface area contributed by atoms with E-state index in [1.807, 2.05) is 42.3 Å². The van der Waals surface area contributed by atoms with Gasteiger partial charge in [-0.3, -0.25) is 4.79 Å². The maximum Gasteiger partial charge on any atom is 0.313 e. The predicted molar refractivity (Wildman–Crippen MR) is 70.6 cm³/mol. The van der Waals surface area contributed by atoms with Crippen LogP contribution in [0, 0.1) is 0 Å². The van der Waals surface area contributed by atoms with Crippen molar-refractivity contribution in [3.8, 4) is 0 Å². The molecule has 0 aliphatic heterocycles. The molecule has 0 spiro atoms. The maximum absolute atomic E-state index is 10.4. The molecule has 0 amide bonds. The summed E-state index contributed by atoms with van der Waals surface area (Å²) < 4.78 is 0.603. The van der Waals surface area contributed by atoms with E-state index < -0.39 is 5.97 Å². The van der Waals surface area contributed by atoms with Crippen LogP contribution in [0.1, 0.15) is 5.56 Å². The molecular formula is C11H13NO2S2. The van der Waals surface area contributed by atoms with Crippen molar-refractivity contribution in [3.05, 3.63) is 35.9 Å². The zero-order valence-corrected chi connectivity index (χ0v) is 10.6. The number of thiocarbonyl (C=S) groups is 1. The topological polar surface area (TPSA) is 40.5 Å². The molecule has 0 radical (unpaired) electrons. The number of carboxylic acids is 1. The van der Waals surface area contributed by atoms with Crippen molar-refractivity contribution in [1.29, 1.82) is 0 Å². The number of hydrogen-bond acceptors (Lipinski definition) is 3. The number of carbonyl (C=O) groups is 1. The van der Waals surface area contributed by atoms with Crippen molar-refractivity contribution in [3.63, 3.8) is 0 Å². The van der Waals surface area contributed by atoms with Gasteiger partial charge in [-0.2, -0.15) is 0 Å². The van der Waals surface area contributed by atoms with E-state index in [-0.39, 0.29) is 5.75 Å². The molecule has 1 aromatic carbocycles. The Balaban J connectivity index is 2.43. The molecule has 0 aliphatic carbocycles. The Kier molecular flexibility index (Phi) is 5.28. The lowest BCUT2D eigenvalue weighted by Gasteiger charge is -2.18. The molecule has 0 saturated carbocycles. The summed E-state index contributed by atoms with van der Waals surface area (Å²) in [6, 6.07) is 9.93. The molecule has 3 nitrogen and oxygen atoms in total. The third-order valence-corrected chi connectivity index (χ3v) is 3.51. The van der Waals surface area contributed by atoms with Crippen molar-refractivity contribution in [2.75, 3.05) is 12.8 Å². The highest BCUT2D eigenvalue weighted by molar-refractivity contribution is 8.23. The molecule has 0 aromatic heterocycles. The van der Waals surface area contributed by atoms with Gasteiger partial charge in [0.25, 0.3) is 0 Å². The lowest BCUT2D eigenvalue weighted by molar-refractivity contribution is -0.133. The van der Waals surface area contributed by atoms with Gasteiger partial charge in [-0.15, -0.1) is 0 Å². The minimum atomic E-state index is -0.847. The molecule has 0 fully saturated rings. The van der Waals surface area contributed by atoms with Gasteiger partial charge in [0.05, 0.1) is 5.75 Å². The van der Waals surface area contributed by atoms with Gasteiger partial charge in [-0.05, 0) is 5.56 Å². The molecule has 0 aliphatic rings. The van der Waals surface area contributed by atoms with E-state index in [4.69, 9.17) is 17.3 Å². The standard InChI is InChI=1S/C11H13NO2S2/c1-12(11(15)16-8-10(13)14)7-9-5-3-2-4-6-9/h2-6H,7-8H2,1H3,(H,13,14). The number of nitrogens with zero attached hydrogens (tertiary/aromatic N) is 1. The van der Waals surface area contributed by atoms with Gasteiger partial charge in [0.1, 0.15) is 4.32 Å². The van der Waals surface area contributed by atoms with Crippen LogP contribution in [-0.4, -0.2) is 33.1 Å². The normalized spacial score (nSPS) is 9.81. The summed E-state index contributed by atoms with van der Waals surface area (Å²) in [6.07, 6.45) is 0. The first kappa shape index (κ1) is 13.0. The second-order valence-electron chi connectivity index (χ2n) is 3.29. The van der Waals surface area contributed by atoms with Crippen LogP contribution in [0.15, 0.2) is 30.3 Å². The fraction of sp³-hybridized carbons (Fsp3) is 0.273. The van der Waals surface area contributed by atoms with Crippen LogP contribution in [0.5, 0.6) is 0 Å². The highest BCUT2D eigenvalue weighted by atomic mass is 32.2. The zero-order chi connectivity index (χ0) is 12.0. The van der Waals surface area contributed by atoms with E-state index >= 15 is 0 Å². The number of carboxylic acid groups (broad SMARTS) is 1. The van der Waals surface area contributed by atoms with E-state index in [2.05, 4.69) is 0 Å². The van der Waals surface area contributed by atoms with Crippen LogP contribution < -0.4 is 0 Å². The number of hydrogen-bond donors (Lipinski definition) is 1. The number of thioether (sulfide) groups is 1. The minimum Gasteiger partial charge on any atom is -0.481 e. The Morgan fingerprint density at radius 2 is 2.06 bits per heavy atom. The van der Waals surface area contributed by atoms with Gasteiger partial charge in [0.2, 0.25) is 0 Å². The maximum atomic E-state index is 10.4. The molecule has 1 N–H and O–H groups in total. The third kappa shape index (κ3) is 4.63. The van der Waals surface area contributed by atoms with Crippen LogP contribution in [0.2, 0.25) is 0 Å². The molecule has 86 valence electrons. The molecular weight excluding hydrogens is 242 g/mol.